The van der Waals surface area contributed by atoms with E-state index in [1.54, 1.807) is 17.2 Å². The third kappa shape index (κ3) is 4.78. The summed E-state index contributed by atoms with van der Waals surface area (Å²) in [4.78, 5) is 38.2. The van der Waals surface area contributed by atoms with Crippen LogP contribution in [0.15, 0.2) is 43.1 Å². The van der Waals surface area contributed by atoms with E-state index < -0.39 is 6.04 Å². The number of carbonyl (C=O) groups excluding carboxylic acids is 2. The minimum atomic E-state index is -0.455. The molecular weight excluding hydrogens is 527 g/mol. The Bertz CT molecular complexity index is 1400. The zero-order valence-electron chi connectivity index (χ0n) is 21.2. The molecule has 8 nitrogen and oxygen atoms in total. The van der Waals surface area contributed by atoms with E-state index in [2.05, 4.69) is 11.6 Å². The van der Waals surface area contributed by atoms with Crippen molar-refractivity contribution in [3.63, 3.8) is 0 Å². The molecule has 2 atom stereocenters. The van der Waals surface area contributed by atoms with E-state index in [0.29, 0.717) is 52.3 Å². The third-order valence-corrected chi connectivity index (χ3v) is 8.01. The summed E-state index contributed by atoms with van der Waals surface area (Å²) in [5.41, 5.74) is 2.15. The van der Waals surface area contributed by atoms with Gasteiger partial charge in [-0.1, -0.05) is 35.8 Å². The van der Waals surface area contributed by atoms with Gasteiger partial charge in [-0.05, 0) is 42.5 Å². The maximum absolute atomic E-state index is 12.9. The van der Waals surface area contributed by atoms with Crippen molar-refractivity contribution in [1.82, 2.24) is 19.8 Å². The lowest BCUT2D eigenvalue weighted by molar-refractivity contribution is -0.144. The van der Waals surface area contributed by atoms with Crippen LogP contribution in [0.4, 0.5) is 0 Å². The fraction of sp³-hybridized carbons (Fsp3) is 0.357. The van der Waals surface area contributed by atoms with Crippen molar-refractivity contribution < 1.29 is 19.1 Å². The second-order valence-electron chi connectivity index (χ2n) is 9.54. The Balaban J connectivity index is 1.39. The van der Waals surface area contributed by atoms with Crippen LogP contribution in [0, 0.1) is 5.92 Å². The number of fused-ring (bicyclic) bond motifs is 1. The van der Waals surface area contributed by atoms with E-state index in [4.69, 9.17) is 37.7 Å². The molecule has 0 spiro atoms. The number of halogens is 2. The molecule has 0 N–H and O–H groups in total. The van der Waals surface area contributed by atoms with E-state index in [0.717, 1.165) is 36.0 Å². The van der Waals surface area contributed by atoms with Crippen LogP contribution in [-0.4, -0.2) is 71.5 Å². The monoisotopic (exact) mass is 554 g/mol. The molecule has 0 saturated carbocycles. The molecular formula is C28H28Cl2N4O4. The van der Waals surface area contributed by atoms with Crippen molar-refractivity contribution in [1.29, 1.82) is 0 Å². The molecule has 10 heteroatoms. The fourth-order valence-electron chi connectivity index (χ4n) is 5.14. The first-order valence-electron chi connectivity index (χ1n) is 12.4. The fourth-order valence-corrected chi connectivity index (χ4v) is 5.85. The Morgan fingerprint density at radius 2 is 1.84 bits per heavy atom. The van der Waals surface area contributed by atoms with Crippen LogP contribution < -0.4 is 9.47 Å². The van der Waals surface area contributed by atoms with Crippen LogP contribution in [0.5, 0.6) is 11.5 Å². The number of carbonyl (C=O) groups is 2. The molecule has 0 unspecified atom stereocenters. The van der Waals surface area contributed by atoms with Crippen LogP contribution in [0.25, 0.3) is 22.0 Å². The number of likely N-dealkylation sites (tertiary alicyclic amines) is 2. The number of rotatable bonds is 7. The van der Waals surface area contributed by atoms with Crippen LogP contribution in [0.3, 0.4) is 0 Å². The molecule has 2 aliphatic heterocycles. The molecule has 38 heavy (non-hydrogen) atoms. The maximum atomic E-state index is 12.9. The summed E-state index contributed by atoms with van der Waals surface area (Å²) < 4.78 is 10.8. The minimum absolute atomic E-state index is 0.0207. The number of nitrogens with zero attached hydrogens (tertiary/aromatic N) is 4. The van der Waals surface area contributed by atoms with Gasteiger partial charge in [0.25, 0.3) is 0 Å². The van der Waals surface area contributed by atoms with E-state index in [-0.39, 0.29) is 17.7 Å². The van der Waals surface area contributed by atoms with Gasteiger partial charge < -0.3 is 19.3 Å². The minimum Gasteiger partial charge on any atom is -0.495 e. The Morgan fingerprint density at radius 3 is 2.45 bits per heavy atom. The number of amides is 2. The Morgan fingerprint density at radius 1 is 1.13 bits per heavy atom. The quantitative estimate of drug-likeness (QED) is 0.390. The average Bonchev–Trinajstić information content (AvgIpc) is 3.31. The number of aromatic nitrogens is 2. The molecule has 0 bridgehead atoms. The number of ether oxygens (including phenoxy) is 2. The topological polar surface area (TPSA) is 84.9 Å². The SMILES string of the molecule is C=CC(=O)N1C[C@@H](Cc2ncc3cc(-c4c(Cl)c(OC)cc(OC)c4Cl)ccc3n2)C[C@H]1C(=O)N1CCC1. The van der Waals surface area contributed by atoms with Crippen molar-refractivity contribution >= 4 is 45.9 Å². The lowest BCUT2D eigenvalue weighted by Crippen LogP contribution is -2.52. The standard InChI is InChI=1S/C28H28Cl2N4O4/c1-4-24(35)34-15-16(10-20(34)28(36)33-8-5-9-33)11-23-31-14-18-12-17(6-7-19(18)32-23)25-26(29)21(37-2)13-22(38-3)27(25)30/h4,6-7,12-14,16,20H,1,5,8-11,15H2,2-3H3/t16-,20+/m1/s1. The number of hydrogen-bond acceptors (Lipinski definition) is 6. The maximum Gasteiger partial charge on any atom is 0.246 e. The van der Waals surface area contributed by atoms with Gasteiger partial charge in [-0.3, -0.25) is 9.59 Å². The number of methoxy groups -OCH3 is 2. The van der Waals surface area contributed by atoms with Crippen LogP contribution in [-0.2, 0) is 16.0 Å². The molecule has 2 aromatic carbocycles. The van der Waals surface area contributed by atoms with Crippen LogP contribution >= 0.6 is 23.2 Å². The van der Waals surface area contributed by atoms with E-state index in [1.807, 2.05) is 23.1 Å². The summed E-state index contributed by atoms with van der Waals surface area (Å²) in [5, 5.41) is 1.59. The number of hydrogen-bond donors (Lipinski definition) is 0. The van der Waals surface area contributed by atoms with Gasteiger partial charge in [-0.15, -0.1) is 0 Å². The highest BCUT2D eigenvalue weighted by Crippen LogP contribution is 2.46. The first-order valence-corrected chi connectivity index (χ1v) is 13.2. The number of benzene rings is 2. The highest BCUT2D eigenvalue weighted by Gasteiger charge is 2.41. The molecule has 3 heterocycles. The summed E-state index contributed by atoms with van der Waals surface area (Å²) in [6.45, 7) is 5.59. The predicted molar refractivity (Wildman–Crippen MR) is 147 cm³/mol. The van der Waals surface area contributed by atoms with Gasteiger partial charge in [0, 0.05) is 49.3 Å². The van der Waals surface area contributed by atoms with Gasteiger partial charge in [0.2, 0.25) is 11.8 Å². The van der Waals surface area contributed by atoms with Gasteiger partial charge in [-0.25, -0.2) is 9.97 Å². The normalized spacial score (nSPS) is 18.8. The highest BCUT2D eigenvalue weighted by molar-refractivity contribution is 6.41. The Labute approximate surface area is 231 Å². The van der Waals surface area contributed by atoms with Gasteiger partial charge in [-0.2, -0.15) is 0 Å². The van der Waals surface area contributed by atoms with Gasteiger partial charge >= 0.3 is 0 Å². The molecule has 0 radical (unpaired) electrons. The highest BCUT2D eigenvalue weighted by atomic mass is 35.5. The van der Waals surface area contributed by atoms with Gasteiger partial charge in [0.15, 0.2) is 0 Å². The smallest absolute Gasteiger partial charge is 0.246 e. The molecule has 2 saturated heterocycles. The second kappa shape index (κ2) is 10.8. The van der Waals surface area contributed by atoms with Crippen molar-refractivity contribution in [3.8, 4) is 22.6 Å². The first-order chi connectivity index (χ1) is 18.3. The third-order valence-electron chi connectivity index (χ3n) is 7.26. The zero-order valence-corrected chi connectivity index (χ0v) is 22.8. The Kier molecular flexibility index (Phi) is 7.45. The first kappa shape index (κ1) is 26.3. The van der Waals surface area contributed by atoms with Crippen molar-refractivity contribution in [2.45, 2.75) is 25.3 Å². The largest absolute Gasteiger partial charge is 0.495 e. The van der Waals surface area contributed by atoms with E-state index in [9.17, 15) is 9.59 Å². The van der Waals surface area contributed by atoms with Crippen molar-refractivity contribution in [2.75, 3.05) is 33.9 Å². The van der Waals surface area contributed by atoms with Crippen LogP contribution in [0.2, 0.25) is 10.0 Å². The molecule has 2 aliphatic rings. The van der Waals surface area contributed by atoms with Gasteiger partial charge in [0.05, 0.1) is 29.8 Å². The lowest BCUT2D eigenvalue weighted by Gasteiger charge is -2.35. The average molecular weight is 555 g/mol. The molecule has 198 valence electrons. The zero-order chi connectivity index (χ0) is 27.0. The summed E-state index contributed by atoms with van der Waals surface area (Å²) in [7, 11) is 3.07. The molecule has 2 fully saturated rings. The van der Waals surface area contributed by atoms with E-state index in [1.165, 1.54) is 20.3 Å². The summed E-state index contributed by atoms with van der Waals surface area (Å²) in [6.07, 6.45) is 5.20. The molecule has 1 aromatic heterocycles. The van der Waals surface area contributed by atoms with Crippen molar-refractivity contribution in [3.05, 3.63) is 59.0 Å². The lowest BCUT2D eigenvalue weighted by atomic mass is 9.99. The molecule has 3 aromatic rings. The van der Waals surface area contributed by atoms with Crippen LogP contribution in [0.1, 0.15) is 18.7 Å². The second-order valence-corrected chi connectivity index (χ2v) is 10.3. The van der Waals surface area contributed by atoms with Crippen molar-refractivity contribution in [2.24, 2.45) is 5.92 Å². The molecule has 5 rings (SSSR count). The predicted octanol–water partition coefficient (Wildman–Crippen LogP) is 4.80. The summed E-state index contributed by atoms with van der Waals surface area (Å²) in [6, 6.07) is 6.91. The molecule has 2 amide bonds. The van der Waals surface area contributed by atoms with Gasteiger partial charge in [0.1, 0.15) is 23.4 Å². The Hall–Kier alpha value is -3.36. The summed E-state index contributed by atoms with van der Waals surface area (Å²) >= 11 is 13.2. The van der Waals surface area contributed by atoms with E-state index >= 15 is 0 Å². The molecule has 0 aliphatic carbocycles. The summed E-state index contributed by atoms with van der Waals surface area (Å²) in [5.74, 6) is 1.46.